The lowest BCUT2D eigenvalue weighted by molar-refractivity contribution is -0.100. The molecular formula is C16H15Cl2NO2. The molecule has 0 unspecified atom stereocenters. The Balaban J connectivity index is 2.05. The van der Waals surface area contributed by atoms with Crippen LogP contribution in [0.15, 0.2) is 42.6 Å². The van der Waals surface area contributed by atoms with Crippen molar-refractivity contribution in [2.75, 3.05) is 6.61 Å². The van der Waals surface area contributed by atoms with Gasteiger partial charge in [0.15, 0.2) is 0 Å². The van der Waals surface area contributed by atoms with Crippen molar-refractivity contribution in [3.05, 3.63) is 63.9 Å². The Kier molecular flexibility index (Phi) is 4.18. The monoisotopic (exact) mass is 323 g/mol. The third-order valence-electron chi connectivity index (χ3n) is 3.87. The van der Waals surface area contributed by atoms with E-state index in [0.29, 0.717) is 28.8 Å². The van der Waals surface area contributed by atoms with E-state index in [2.05, 4.69) is 4.98 Å². The molecular weight excluding hydrogens is 309 g/mol. The van der Waals surface area contributed by atoms with E-state index in [1.54, 1.807) is 24.4 Å². The Bertz CT molecular complexity index is 627. The molecule has 1 fully saturated rings. The molecule has 21 heavy (non-hydrogen) atoms. The number of aliphatic hydroxyl groups is 1. The molecule has 1 N–H and O–H groups in total. The summed E-state index contributed by atoms with van der Waals surface area (Å²) in [5.74, 6) is 0. The van der Waals surface area contributed by atoms with Crippen LogP contribution < -0.4 is 0 Å². The van der Waals surface area contributed by atoms with Gasteiger partial charge < -0.3 is 9.84 Å². The molecule has 0 spiro atoms. The molecule has 0 bridgehead atoms. The predicted molar refractivity (Wildman–Crippen MR) is 82.5 cm³/mol. The van der Waals surface area contributed by atoms with E-state index in [-0.39, 0.29) is 0 Å². The van der Waals surface area contributed by atoms with Gasteiger partial charge in [0.25, 0.3) is 0 Å². The highest BCUT2D eigenvalue weighted by atomic mass is 35.5. The van der Waals surface area contributed by atoms with Crippen LogP contribution in [0.25, 0.3) is 0 Å². The average Bonchev–Trinajstić information content (AvgIpc) is 3.01. The second-order valence-corrected chi connectivity index (χ2v) is 5.94. The van der Waals surface area contributed by atoms with Gasteiger partial charge in [0.2, 0.25) is 0 Å². The molecule has 0 amide bonds. The quantitative estimate of drug-likeness (QED) is 0.923. The maximum absolute atomic E-state index is 10.8. The zero-order chi connectivity index (χ0) is 14.9. The Morgan fingerprint density at radius 2 is 2.05 bits per heavy atom. The van der Waals surface area contributed by atoms with Crippen molar-refractivity contribution in [3.8, 4) is 0 Å². The molecule has 1 aliphatic rings. The van der Waals surface area contributed by atoms with E-state index in [1.807, 2.05) is 18.2 Å². The van der Waals surface area contributed by atoms with Gasteiger partial charge in [-0.05, 0) is 42.7 Å². The number of aliphatic hydroxyl groups excluding tert-OH is 1. The Hall–Kier alpha value is -1.13. The van der Waals surface area contributed by atoms with E-state index < -0.39 is 11.7 Å². The lowest BCUT2D eigenvalue weighted by Crippen LogP contribution is -2.33. The summed E-state index contributed by atoms with van der Waals surface area (Å²) in [6.07, 6.45) is 2.40. The van der Waals surface area contributed by atoms with Gasteiger partial charge in [0.1, 0.15) is 11.7 Å². The van der Waals surface area contributed by atoms with E-state index in [1.165, 1.54) is 0 Å². The first-order valence-electron chi connectivity index (χ1n) is 6.82. The number of hydrogen-bond acceptors (Lipinski definition) is 3. The molecule has 0 saturated carbocycles. The van der Waals surface area contributed by atoms with Gasteiger partial charge in [-0.3, -0.25) is 4.98 Å². The molecule has 2 atom stereocenters. The topological polar surface area (TPSA) is 42.4 Å². The summed E-state index contributed by atoms with van der Waals surface area (Å²) in [6.45, 7) is 0.601. The average molecular weight is 324 g/mol. The van der Waals surface area contributed by atoms with Crippen LogP contribution in [0.4, 0.5) is 0 Å². The molecule has 0 radical (unpaired) electrons. The Morgan fingerprint density at radius 1 is 1.19 bits per heavy atom. The van der Waals surface area contributed by atoms with Gasteiger partial charge in [0.05, 0.1) is 15.7 Å². The lowest BCUT2D eigenvalue weighted by Gasteiger charge is -2.34. The highest BCUT2D eigenvalue weighted by Crippen LogP contribution is 2.46. The molecule has 2 heterocycles. The van der Waals surface area contributed by atoms with E-state index in [0.717, 1.165) is 12.0 Å². The molecule has 3 rings (SSSR count). The maximum Gasteiger partial charge on any atom is 0.129 e. The molecule has 5 heteroatoms. The molecule has 3 nitrogen and oxygen atoms in total. The first-order valence-corrected chi connectivity index (χ1v) is 7.57. The fraction of sp³-hybridized carbons (Fsp3) is 0.312. The Labute approximate surface area is 133 Å². The zero-order valence-electron chi connectivity index (χ0n) is 11.3. The molecule has 1 aromatic carbocycles. The van der Waals surface area contributed by atoms with Crippen molar-refractivity contribution >= 4 is 23.2 Å². The smallest absolute Gasteiger partial charge is 0.129 e. The summed E-state index contributed by atoms with van der Waals surface area (Å²) in [5, 5.41) is 11.8. The van der Waals surface area contributed by atoms with Gasteiger partial charge in [0, 0.05) is 12.8 Å². The van der Waals surface area contributed by atoms with Gasteiger partial charge >= 0.3 is 0 Å². The second kappa shape index (κ2) is 5.93. The molecule has 0 aliphatic carbocycles. The minimum Gasteiger partial charge on any atom is -0.383 e. The number of nitrogens with zero attached hydrogens (tertiary/aromatic N) is 1. The number of halogens is 2. The summed E-state index contributed by atoms with van der Waals surface area (Å²) >= 11 is 12.1. The summed E-state index contributed by atoms with van der Waals surface area (Å²) in [5.41, 5.74) is 0.598. The van der Waals surface area contributed by atoms with Crippen LogP contribution in [0, 0.1) is 0 Å². The van der Waals surface area contributed by atoms with Gasteiger partial charge in [-0.15, -0.1) is 0 Å². The summed E-state index contributed by atoms with van der Waals surface area (Å²) in [7, 11) is 0. The van der Waals surface area contributed by atoms with Crippen LogP contribution in [0.5, 0.6) is 0 Å². The van der Waals surface area contributed by atoms with E-state index in [4.69, 9.17) is 27.9 Å². The first kappa shape index (κ1) is 14.8. The largest absolute Gasteiger partial charge is 0.383 e. The van der Waals surface area contributed by atoms with Crippen LogP contribution in [0.1, 0.15) is 30.2 Å². The highest BCUT2D eigenvalue weighted by molar-refractivity contribution is 6.42. The third-order valence-corrected chi connectivity index (χ3v) is 4.61. The minimum absolute atomic E-state index is 0.456. The lowest BCUT2D eigenvalue weighted by atomic mass is 9.84. The van der Waals surface area contributed by atoms with Crippen molar-refractivity contribution in [2.45, 2.75) is 24.5 Å². The fourth-order valence-electron chi connectivity index (χ4n) is 2.80. The van der Waals surface area contributed by atoms with Gasteiger partial charge in [-0.1, -0.05) is 35.3 Å². The normalized spacial score (nSPS) is 23.2. The van der Waals surface area contributed by atoms with Gasteiger partial charge in [-0.2, -0.15) is 0 Å². The summed E-state index contributed by atoms with van der Waals surface area (Å²) < 4.78 is 5.95. The number of benzene rings is 1. The number of hydrogen-bond donors (Lipinski definition) is 1. The highest BCUT2D eigenvalue weighted by Gasteiger charge is 2.45. The first-order chi connectivity index (χ1) is 10.1. The third kappa shape index (κ3) is 2.67. The van der Waals surface area contributed by atoms with E-state index in [9.17, 15) is 5.11 Å². The number of rotatable bonds is 3. The fourth-order valence-corrected chi connectivity index (χ4v) is 3.10. The minimum atomic E-state index is -0.849. The van der Waals surface area contributed by atoms with E-state index >= 15 is 0 Å². The van der Waals surface area contributed by atoms with Crippen molar-refractivity contribution in [1.82, 2.24) is 4.98 Å². The predicted octanol–water partition coefficient (Wildman–Crippen LogP) is 4.13. The molecule has 2 aromatic rings. The van der Waals surface area contributed by atoms with Crippen LogP contribution in [0.3, 0.4) is 0 Å². The van der Waals surface area contributed by atoms with Crippen LogP contribution in [-0.2, 0) is 10.3 Å². The zero-order valence-corrected chi connectivity index (χ0v) is 12.8. The van der Waals surface area contributed by atoms with Crippen molar-refractivity contribution in [2.24, 2.45) is 0 Å². The van der Waals surface area contributed by atoms with Crippen molar-refractivity contribution in [3.63, 3.8) is 0 Å². The molecule has 1 saturated heterocycles. The molecule has 110 valence electrons. The Morgan fingerprint density at radius 3 is 2.67 bits per heavy atom. The summed E-state index contributed by atoms with van der Waals surface area (Å²) in [4.78, 5) is 4.24. The van der Waals surface area contributed by atoms with Crippen LogP contribution in [0.2, 0.25) is 10.0 Å². The number of ether oxygens (including phenoxy) is 1. The second-order valence-electron chi connectivity index (χ2n) is 5.13. The van der Waals surface area contributed by atoms with Crippen molar-refractivity contribution in [1.29, 1.82) is 0 Å². The van der Waals surface area contributed by atoms with Gasteiger partial charge in [-0.25, -0.2) is 0 Å². The van der Waals surface area contributed by atoms with Crippen LogP contribution >= 0.6 is 23.2 Å². The van der Waals surface area contributed by atoms with Crippen LogP contribution in [-0.4, -0.2) is 16.7 Å². The summed E-state index contributed by atoms with van der Waals surface area (Å²) in [6, 6.07) is 10.8. The van der Waals surface area contributed by atoms with Crippen molar-refractivity contribution < 1.29 is 9.84 Å². The SMILES string of the molecule is O[C@H](c1ccccn1)[C@]1(c2ccc(Cl)c(Cl)c2)CCCO1. The number of aromatic nitrogens is 1. The molecule has 1 aliphatic heterocycles. The maximum atomic E-state index is 10.8. The molecule has 1 aromatic heterocycles. The standard InChI is InChI=1S/C16H15Cl2NO2/c17-12-6-5-11(10-13(12)18)16(7-3-9-21-16)15(20)14-4-1-2-8-19-14/h1-2,4-6,8,10,15,20H,3,7,9H2/t15-,16-/m1/s1. The number of pyridine rings is 1.